The SMILES string of the molecule is CCN(Cc1cc(C(=O)Oc2cccc(CC(C)C(=O)O)c2)ccc1-c1cc(OC)ccc1F)C(C)C. The van der Waals surface area contributed by atoms with Gasteiger partial charge in [-0.15, -0.1) is 0 Å². The minimum absolute atomic E-state index is 0.250. The third kappa shape index (κ3) is 7.17. The van der Waals surface area contributed by atoms with Gasteiger partial charge in [0.2, 0.25) is 0 Å². The molecule has 0 saturated carbocycles. The number of esters is 1. The standard InChI is InChI=1S/C30H34FNO5/c1-6-32(19(2)3)18-23-16-22(10-12-26(23)27-17-24(36-5)11-13-28(27)31)30(35)37-25-9-7-8-21(15-25)14-20(4)29(33)34/h7-13,15-17,19-20H,6,14,18H2,1-5H3,(H,33,34). The molecule has 0 aromatic heterocycles. The highest BCUT2D eigenvalue weighted by Crippen LogP contribution is 2.32. The number of nitrogens with zero attached hydrogens (tertiary/aromatic N) is 1. The first-order valence-corrected chi connectivity index (χ1v) is 12.4. The van der Waals surface area contributed by atoms with Gasteiger partial charge in [0, 0.05) is 18.2 Å². The number of halogens is 1. The summed E-state index contributed by atoms with van der Waals surface area (Å²) in [5, 5.41) is 9.18. The molecule has 1 unspecified atom stereocenters. The summed E-state index contributed by atoms with van der Waals surface area (Å²) in [6.45, 7) is 9.17. The monoisotopic (exact) mass is 507 g/mol. The summed E-state index contributed by atoms with van der Waals surface area (Å²) in [5.74, 6) is -1.49. The zero-order valence-electron chi connectivity index (χ0n) is 22.0. The Kier molecular flexibility index (Phi) is 9.42. The van der Waals surface area contributed by atoms with Gasteiger partial charge in [-0.2, -0.15) is 0 Å². The molecule has 0 spiro atoms. The van der Waals surface area contributed by atoms with Crippen molar-refractivity contribution in [2.45, 2.75) is 46.7 Å². The van der Waals surface area contributed by atoms with Crippen molar-refractivity contribution in [1.29, 1.82) is 0 Å². The number of carbonyl (C=O) groups excluding carboxylic acids is 1. The summed E-state index contributed by atoms with van der Waals surface area (Å²) in [6.07, 6.45) is 0.327. The molecule has 0 amide bonds. The maximum absolute atomic E-state index is 14.9. The van der Waals surface area contributed by atoms with E-state index in [0.29, 0.717) is 41.2 Å². The molecule has 0 heterocycles. The summed E-state index contributed by atoms with van der Waals surface area (Å²) in [5.41, 5.74) is 2.97. The first-order chi connectivity index (χ1) is 17.6. The zero-order chi connectivity index (χ0) is 27.1. The molecule has 1 atom stereocenters. The Morgan fingerprint density at radius 3 is 2.38 bits per heavy atom. The topological polar surface area (TPSA) is 76.1 Å². The van der Waals surface area contributed by atoms with Crippen LogP contribution < -0.4 is 9.47 Å². The maximum atomic E-state index is 14.9. The smallest absolute Gasteiger partial charge is 0.343 e. The molecular weight excluding hydrogens is 473 g/mol. The van der Waals surface area contributed by atoms with Crippen LogP contribution in [0, 0.1) is 11.7 Å². The Morgan fingerprint density at radius 2 is 1.73 bits per heavy atom. The lowest BCUT2D eigenvalue weighted by atomic mass is 9.96. The number of ether oxygens (including phenoxy) is 2. The van der Waals surface area contributed by atoms with Gasteiger partial charge in [-0.1, -0.05) is 32.0 Å². The van der Waals surface area contributed by atoms with Crippen LogP contribution >= 0.6 is 0 Å². The fraction of sp³-hybridized carbons (Fsp3) is 0.333. The molecule has 3 rings (SSSR count). The largest absolute Gasteiger partial charge is 0.497 e. The van der Waals surface area contributed by atoms with E-state index in [-0.39, 0.29) is 11.9 Å². The van der Waals surface area contributed by atoms with Crippen LogP contribution in [0.1, 0.15) is 49.2 Å². The molecule has 3 aromatic rings. The summed E-state index contributed by atoms with van der Waals surface area (Å²) in [7, 11) is 1.53. The molecule has 37 heavy (non-hydrogen) atoms. The predicted molar refractivity (Wildman–Crippen MR) is 142 cm³/mol. The Morgan fingerprint density at radius 1 is 0.973 bits per heavy atom. The predicted octanol–water partition coefficient (Wildman–Crippen LogP) is 6.21. The molecule has 0 radical (unpaired) electrons. The van der Waals surface area contributed by atoms with Gasteiger partial charge in [-0.05, 0) is 86.0 Å². The van der Waals surface area contributed by atoms with Gasteiger partial charge < -0.3 is 14.6 Å². The van der Waals surface area contributed by atoms with Crippen LogP contribution in [0.25, 0.3) is 11.1 Å². The minimum atomic E-state index is -0.884. The fourth-order valence-corrected chi connectivity index (χ4v) is 4.17. The number of methoxy groups -OCH3 is 1. The summed E-state index contributed by atoms with van der Waals surface area (Å²) in [4.78, 5) is 26.5. The van der Waals surface area contributed by atoms with E-state index in [0.717, 1.165) is 17.7 Å². The van der Waals surface area contributed by atoms with Crippen LogP contribution in [-0.4, -0.2) is 41.6 Å². The molecule has 0 aliphatic rings. The Bertz CT molecular complexity index is 1260. The second kappa shape index (κ2) is 12.5. The second-order valence-corrected chi connectivity index (χ2v) is 9.35. The minimum Gasteiger partial charge on any atom is -0.497 e. The molecule has 196 valence electrons. The fourth-order valence-electron chi connectivity index (χ4n) is 4.17. The summed E-state index contributed by atoms with van der Waals surface area (Å²) in [6, 6.07) is 16.8. The van der Waals surface area contributed by atoms with Gasteiger partial charge in [0.25, 0.3) is 0 Å². The van der Waals surface area contributed by atoms with E-state index in [2.05, 4.69) is 25.7 Å². The van der Waals surface area contributed by atoms with E-state index in [1.807, 2.05) is 0 Å². The number of benzene rings is 3. The van der Waals surface area contributed by atoms with Gasteiger partial charge in [-0.25, -0.2) is 9.18 Å². The molecule has 0 saturated heterocycles. The van der Waals surface area contributed by atoms with Crippen molar-refractivity contribution in [3.05, 3.63) is 83.2 Å². The van der Waals surface area contributed by atoms with Crippen molar-refractivity contribution >= 4 is 11.9 Å². The third-order valence-electron chi connectivity index (χ3n) is 6.39. The lowest BCUT2D eigenvalue weighted by Gasteiger charge is -2.26. The number of rotatable bonds is 11. The van der Waals surface area contributed by atoms with E-state index < -0.39 is 17.9 Å². The number of carboxylic acids is 1. The van der Waals surface area contributed by atoms with Gasteiger partial charge in [0.1, 0.15) is 17.3 Å². The number of carboxylic acid groups (broad SMARTS) is 1. The average molecular weight is 508 g/mol. The molecule has 0 bridgehead atoms. The van der Waals surface area contributed by atoms with Crippen LogP contribution in [0.5, 0.6) is 11.5 Å². The second-order valence-electron chi connectivity index (χ2n) is 9.35. The lowest BCUT2D eigenvalue weighted by Crippen LogP contribution is -2.30. The van der Waals surface area contributed by atoms with E-state index in [1.54, 1.807) is 61.5 Å². The van der Waals surface area contributed by atoms with E-state index in [4.69, 9.17) is 9.47 Å². The van der Waals surface area contributed by atoms with E-state index >= 15 is 0 Å². The van der Waals surface area contributed by atoms with Crippen LogP contribution in [0.4, 0.5) is 4.39 Å². The Hall–Kier alpha value is -3.71. The maximum Gasteiger partial charge on any atom is 0.343 e. The van der Waals surface area contributed by atoms with Gasteiger partial charge >= 0.3 is 11.9 Å². The molecule has 1 N–H and O–H groups in total. The first kappa shape index (κ1) is 27.9. The zero-order valence-corrected chi connectivity index (χ0v) is 22.0. The van der Waals surface area contributed by atoms with Crippen molar-refractivity contribution in [1.82, 2.24) is 4.90 Å². The molecular formula is C30H34FNO5. The quantitative estimate of drug-likeness (QED) is 0.246. The van der Waals surface area contributed by atoms with Gasteiger partial charge in [0.05, 0.1) is 18.6 Å². The first-order valence-electron chi connectivity index (χ1n) is 12.4. The average Bonchev–Trinajstić information content (AvgIpc) is 2.87. The van der Waals surface area contributed by atoms with Gasteiger partial charge in [0.15, 0.2) is 0 Å². The molecule has 0 fully saturated rings. The molecule has 6 nitrogen and oxygen atoms in total. The van der Waals surface area contributed by atoms with Crippen molar-refractivity contribution in [2.24, 2.45) is 5.92 Å². The van der Waals surface area contributed by atoms with Crippen LogP contribution in [0.15, 0.2) is 60.7 Å². The number of hydrogen-bond acceptors (Lipinski definition) is 5. The van der Waals surface area contributed by atoms with Crippen molar-refractivity contribution in [2.75, 3.05) is 13.7 Å². The highest BCUT2D eigenvalue weighted by Gasteiger charge is 2.19. The van der Waals surface area contributed by atoms with Gasteiger partial charge in [-0.3, -0.25) is 9.69 Å². The van der Waals surface area contributed by atoms with Crippen molar-refractivity contribution in [3.8, 4) is 22.6 Å². The normalized spacial score (nSPS) is 12.0. The summed E-state index contributed by atoms with van der Waals surface area (Å²) < 4.78 is 25.8. The molecule has 0 aliphatic carbocycles. The number of carbonyl (C=O) groups is 2. The third-order valence-corrected chi connectivity index (χ3v) is 6.39. The Balaban J connectivity index is 1.95. The highest BCUT2D eigenvalue weighted by molar-refractivity contribution is 5.92. The number of aliphatic carboxylic acids is 1. The van der Waals surface area contributed by atoms with E-state index in [9.17, 15) is 19.1 Å². The van der Waals surface area contributed by atoms with E-state index in [1.165, 1.54) is 13.2 Å². The van der Waals surface area contributed by atoms with Crippen LogP contribution in [0.2, 0.25) is 0 Å². The Labute approximate surface area is 217 Å². The van der Waals surface area contributed by atoms with Crippen molar-refractivity contribution < 1.29 is 28.6 Å². The van der Waals surface area contributed by atoms with Crippen LogP contribution in [-0.2, 0) is 17.8 Å². The molecule has 7 heteroatoms. The molecule has 0 aliphatic heterocycles. The molecule has 3 aromatic carbocycles. The van der Waals surface area contributed by atoms with Crippen LogP contribution in [0.3, 0.4) is 0 Å². The number of hydrogen-bond donors (Lipinski definition) is 1. The highest BCUT2D eigenvalue weighted by atomic mass is 19.1. The van der Waals surface area contributed by atoms with Crippen molar-refractivity contribution in [3.63, 3.8) is 0 Å². The summed E-state index contributed by atoms with van der Waals surface area (Å²) >= 11 is 0. The lowest BCUT2D eigenvalue weighted by molar-refractivity contribution is -0.141.